The van der Waals surface area contributed by atoms with Gasteiger partial charge in [0.05, 0.1) is 6.61 Å². The van der Waals surface area contributed by atoms with Crippen molar-refractivity contribution in [3.05, 3.63) is 64.9 Å². The number of aliphatic hydroxyl groups is 1. The number of rotatable bonds is 4. The molecule has 1 aliphatic carbocycles. The first-order chi connectivity index (χ1) is 14.6. The Morgan fingerprint density at radius 1 is 1.26 bits per heavy atom. The second kappa shape index (κ2) is 7.39. The van der Waals surface area contributed by atoms with Gasteiger partial charge in [-0.1, -0.05) is 42.0 Å². The minimum atomic E-state index is -4.88. The molecule has 0 saturated heterocycles. The molecule has 0 radical (unpaired) electrons. The second-order valence-electron chi connectivity index (χ2n) is 7.81. The van der Waals surface area contributed by atoms with Crippen LogP contribution < -0.4 is 5.43 Å². The van der Waals surface area contributed by atoms with E-state index >= 15 is 0 Å². The maximum absolute atomic E-state index is 14.1. The Morgan fingerprint density at radius 2 is 1.97 bits per heavy atom. The van der Waals surface area contributed by atoms with Crippen molar-refractivity contribution in [1.82, 2.24) is 10.4 Å². The zero-order valence-corrected chi connectivity index (χ0v) is 17.4. The highest BCUT2D eigenvalue weighted by atomic mass is 19.4. The standard InChI is InChI=1S/C23H23F3N2O3/c1-4-31-21(29)14(3)28-12-15(11-27-28)17-9-13(2)10-19-20(17)16-7-5-6-8-18(16)22(19,30)23(24,25)26/h5-10,12,14,27,30H,4,11H2,1-3H3. The maximum atomic E-state index is 14.1. The highest BCUT2D eigenvalue weighted by Crippen LogP contribution is 2.56. The van der Waals surface area contributed by atoms with Crippen LogP contribution in [0.3, 0.4) is 0 Å². The van der Waals surface area contributed by atoms with Gasteiger partial charge >= 0.3 is 12.1 Å². The Morgan fingerprint density at radius 3 is 2.65 bits per heavy atom. The van der Waals surface area contributed by atoms with Crippen LogP contribution in [0.25, 0.3) is 16.7 Å². The molecule has 0 bridgehead atoms. The summed E-state index contributed by atoms with van der Waals surface area (Å²) < 4.78 is 47.5. The first-order valence-corrected chi connectivity index (χ1v) is 10.0. The number of nitrogens with one attached hydrogen (secondary N) is 1. The Labute approximate surface area is 178 Å². The highest BCUT2D eigenvalue weighted by molar-refractivity contribution is 5.91. The zero-order valence-electron chi connectivity index (χ0n) is 17.4. The Balaban J connectivity index is 1.87. The van der Waals surface area contributed by atoms with E-state index in [2.05, 4.69) is 5.43 Å². The van der Waals surface area contributed by atoms with Gasteiger partial charge in [-0.3, -0.25) is 0 Å². The predicted octanol–water partition coefficient (Wildman–Crippen LogP) is 3.89. The molecule has 2 aliphatic rings. The molecule has 2 N–H and O–H groups in total. The van der Waals surface area contributed by atoms with Gasteiger partial charge in [-0.25, -0.2) is 10.2 Å². The van der Waals surface area contributed by atoms with Crippen molar-refractivity contribution in [2.45, 2.75) is 38.6 Å². The van der Waals surface area contributed by atoms with E-state index in [1.807, 2.05) is 6.07 Å². The van der Waals surface area contributed by atoms with E-state index in [-0.39, 0.29) is 17.7 Å². The lowest BCUT2D eigenvalue weighted by Gasteiger charge is -2.28. The van der Waals surface area contributed by atoms with E-state index in [4.69, 9.17) is 4.74 Å². The van der Waals surface area contributed by atoms with Crippen molar-refractivity contribution in [2.24, 2.45) is 0 Å². The molecule has 1 heterocycles. The first kappa shape index (κ1) is 21.4. The summed E-state index contributed by atoms with van der Waals surface area (Å²) in [4.78, 5) is 12.1. The molecule has 0 saturated carbocycles. The van der Waals surface area contributed by atoms with Crippen molar-refractivity contribution in [2.75, 3.05) is 13.2 Å². The molecule has 0 spiro atoms. The molecule has 8 heteroatoms. The molecule has 0 aromatic heterocycles. The number of carbonyl (C=O) groups excluding carboxylic acids is 1. The zero-order chi connectivity index (χ0) is 22.6. The topological polar surface area (TPSA) is 61.8 Å². The lowest BCUT2D eigenvalue weighted by molar-refractivity contribution is -0.246. The fourth-order valence-corrected chi connectivity index (χ4v) is 4.31. The Hall–Kier alpha value is -2.84. The number of benzene rings is 2. The number of halogens is 3. The van der Waals surface area contributed by atoms with Crippen LogP contribution in [-0.4, -0.2) is 41.5 Å². The molecule has 1 aliphatic heterocycles. The molecule has 2 atom stereocenters. The SMILES string of the molecule is CCOC(=O)C(C)N1C=C(c2cc(C)cc3c2-c2ccccc2C3(O)C(F)(F)F)CN1. The molecule has 2 aromatic rings. The molecule has 4 rings (SSSR count). The quantitative estimate of drug-likeness (QED) is 0.718. The van der Waals surface area contributed by atoms with E-state index in [1.54, 1.807) is 44.1 Å². The lowest BCUT2D eigenvalue weighted by Crippen LogP contribution is -2.42. The molecule has 31 heavy (non-hydrogen) atoms. The van der Waals surface area contributed by atoms with Crippen LogP contribution in [0.5, 0.6) is 0 Å². The number of ether oxygens (including phenoxy) is 1. The van der Waals surface area contributed by atoms with Gasteiger partial charge in [0.2, 0.25) is 5.60 Å². The van der Waals surface area contributed by atoms with Crippen LogP contribution in [0, 0.1) is 6.92 Å². The van der Waals surface area contributed by atoms with Gasteiger partial charge in [0.1, 0.15) is 6.04 Å². The third kappa shape index (κ3) is 3.21. The van der Waals surface area contributed by atoms with Crippen molar-refractivity contribution < 1.29 is 27.8 Å². The van der Waals surface area contributed by atoms with Crippen LogP contribution >= 0.6 is 0 Å². The summed E-state index contributed by atoms with van der Waals surface area (Å²) in [6.07, 6.45) is -3.17. The van der Waals surface area contributed by atoms with Crippen molar-refractivity contribution in [1.29, 1.82) is 0 Å². The van der Waals surface area contributed by atoms with Gasteiger partial charge in [0.15, 0.2) is 0 Å². The van der Waals surface area contributed by atoms with Gasteiger partial charge in [0.25, 0.3) is 0 Å². The number of aryl methyl sites for hydroxylation is 1. The third-order valence-corrected chi connectivity index (χ3v) is 5.81. The molecular formula is C23H23F3N2O3. The van der Waals surface area contributed by atoms with Crippen LogP contribution in [0.4, 0.5) is 13.2 Å². The summed E-state index contributed by atoms with van der Waals surface area (Å²) >= 11 is 0. The third-order valence-electron chi connectivity index (χ3n) is 5.81. The second-order valence-corrected chi connectivity index (χ2v) is 7.81. The molecule has 0 amide bonds. The number of hydrogen-bond acceptors (Lipinski definition) is 5. The van der Waals surface area contributed by atoms with Gasteiger partial charge in [-0.15, -0.1) is 0 Å². The maximum Gasteiger partial charge on any atom is 0.425 e. The van der Waals surface area contributed by atoms with Crippen LogP contribution in [-0.2, 0) is 15.1 Å². The van der Waals surface area contributed by atoms with Gasteiger partial charge in [0, 0.05) is 23.9 Å². The number of esters is 1. The van der Waals surface area contributed by atoms with Crippen molar-refractivity contribution >= 4 is 11.5 Å². The molecule has 0 fully saturated rings. The predicted molar refractivity (Wildman–Crippen MR) is 110 cm³/mol. The summed E-state index contributed by atoms with van der Waals surface area (Å²) in [5.41, 5.74) is 2.28. The molecule has 5 nitrogen and oxygen atoms in total. The molecular weight excluding hydrogens is 409 g/mol. The van der Waals surface area contributed by atoms with Crippen LogP contribution in [0.15, 0.2) is 42.6 Å². The number of carbonyl (C=O) groups is 1. The fourth-order valence-electron chi connectivity index (χ4n) is 4.31. The minimum absolute atomic E-state index is 0.172. The van der Waals surface area contributed by atoms with Crippen molar-refractivity contribution in [3.63, 3.8) is 0 Å². The van der Waals surface area contributed by atoms with Crippen LogP contribution in [0.2, 0.25) is 0 Å². The van der Waals surface area contributed by atoms with E-state index in [1.165, 1.54) is 18.2 Å². The van der Waals surface area contributed by atoms with Gasteiger partial charge in [-0.2, -0.15) is 13.2 Å². The Kier molecular flexibility index (Phi) is 5.10. The normalized spacial score (nSPS) is 20.9. The summed E-state index contributed by atoms with van der Waals surface area (Å²) in [5.74, 6) is -0.404. The Bertz CT molecular complexity index is 1080. The summed E-state index contributed by atoms with van der Waals surface area (Å²) in [6, 6.07) is 8.67. The lowest BCUT2D eigenvalue weighted by atomic mass is 9.88. The van der Waals surface area contributed by atoms with Crippen LogP contribution in [0.1, 0.15) is 36.1 Å². The smallest absolute Gasteiger partial charge is 0.425 e. The molecule has 164 valence electrons. The highest BCUT2D eigenvalue weighted by Gasteiger charge is 2.61. The number of alkyl halides is 3. The van der Waals surface area contributed by atoms with E-state index < -0.39 is 23.8 Å². The van der Waals surface area contributed by atoms with Gasteiger partial charge < -0.3 is 14.9 Å². The summed E-state index contributed by atoms with van der Waals surface area (Å²) in [5, 5.41) is 12.6. The molecule has 2 aromatic carbocycles. The number of hydrazine groups is 1. The largest absolute Gasteiger partial charge is 0.464 e. The number of fused-ring (bicyclic) bond motifs is 3. The van der Waals surface area contributed by atoms with E-state index in [0.717, 1.165) is 5.57 Å². The summed E-state index contributed by atoms with van der Waals surface area (Å²) in [6.45, 7) is 5.69. The molecule has 2 unspecified atom stereocenters. The number of hydrogen-bond donors (Lipinski definition) is 2. The number of nitrogens with zero attached hydrogens (tertiary/aromatic N) is 1. The van der Waals surface area contributed by atoms with Gasteiger partial charge in [-0.05, 0) is 43.0 Å². The minimum Gasteiger partial charge on any atom is -0.464 e. The fraction of sp³-hybridized carbons (Fsp3) is 0.348. The monoisotopic (exact) mass is 432 g/mol. The first-order valence-electron chi connectivity index (χ1n) is 10.0. The average Bonchev–Trinajstić information content (AvgIpc) is 3.30. The van der Waals surface area contributed by atoms with E-state index in [0.29, 0.717) is 28.8 Å². The van der Waals surface area contributed by atoms with Crippen molar-refractivity contribution in [3.8, 4) is 11.1 Å². The average molecular weight is 432 g/mol. The van der Waals surface area contributed by atoms with E-state index in [9.17, 15) is 23.1 Å². The summed E-state index contributed by atoms with van der Waals surface area (Å²) in [7, 11) is 0.